The van der Waals surface area contributed by atoms with E-state index in [1.807, 2.05) is 66.7 Å². The van der Waals surface area contributed by atoms with Gasteiger partial charge in [0.15, 0.2) is 5.82 Å². The minimum absolute atomic E-state index is 0.0520. The summed E-state index contributed by atoms with van der Waals surface area (Å²) in [6, 6.07) is 20.1. The molecule has 0 aliphatic rings. The second-order valence-corrected chi connectivity index (χ2v) is 13.5. The van der Waals surface area contributed by atoms with Gasteiger partial charge in [-0.15, -0.1) is 0 Å². The fraction of sp³-hybridized carbons (Fsp3) is 0.324. The molecule has 0 aliphatic heterocycles. The molecule has 0 radical (unpaired) electrons. The van der Waals surface area contributed by atoms with Gasteiger partial charge in [0.05, 0.1) is 12.4 Å². The normalized spacial score (nSPS) is 13.0. The van der Waals surface area contributed by atoms with Gasteiger partial charge < -0.3 is 35.0 Å². The Morgan fingerprint density at radius 1 is 0.939 bits per heavy atom. The zero-order valence-corrected chi connectivity index (χ0v) is 28.5. The van der Waals surface area contributed by atoms with Crippen LogP contribution in [0.4, 0.5) is 10.6 Å². The van der Waals surface area contributed by atoms with E-state index in [2.05, 4.69) is 25.9 Å². The first-order valence-corrected chi connectivity index (χ1v) is 16.0. The van der Waals surface area contributed by atoms with Crippen LogP contribution < -0.4 is 16.0 Å². The van der Waals surface area contributed by atoms with E-state index in [0.717, 1.165) is 32.8 Å². The zero-order valence-electron chi connectivity index (χ0n) is 28.5. The molecule has 1 unspecified atom stereocenters. The van der Waals surface area contributed by atoms with Crippen LogP contribution in [0, 0.1) is 0 Å². The quantitative estimate of drug-likeness (QED) is 0.133. The lowest BCUT2D eigenvalue weighted by Crippen LogP contribution is -2.59. The fourth-order valence-corrected chi connectivity index (χ4v) is 5.43. The highest BCUT2D eigenvalue weighted by Crippen LogP contribution is 2.26. The highest BCUT2D eigenvalue weighted by Gasteiger charge is 2.35. The number of imidazole rings is 1. The van der Waals surface area contributed by atoms with Gasteiger partial charge in [-0.05, 0) is 68.7 Å². The lowest BCUT2D eigenvalue weighted by Gasteiger charge is -2.29. The number of hydrogen-bond donors (Lipinski definition) is 4. The van der Waals surface area contributed by atoms with E-state index in [9.17, 15) is 19.2 Å². The number of ether oxygens (including phenoxy) is 2. The number of aromatic amines is 1. The van der Waals surface area contributed by atoms with Crippen LogP contribution in [-0.2, 0) is 30.3 Å². The number of carbonyl (C=O) groups is 4. The number of nitrogens with zero attached hydrogens (tertiary/aromatic N) is 2. The molecule has 12 heteroatoms. The Bertz CT molecular complexity index is 1990. The summed E-state index contributed by atoms with van der Waals surface area (Å²) in [6.07, 6.45) is 4.40. The van der Waals surface area contributed by atoms with Crippen LogP contribution in [0.1, 0.15) is 58.7 Å². The number of amides is 3. The number of hydrogen-bond acceptors (Lipinski definition) is 7. The van der Waals surface area contributed by atoms with Crippen molar-refractivity contribution < 1.29 is 28.7 Å². The van der Waals surface area contributed by atoms with Crippen LogP contribution in [0.25, 0.3) is 21.7 Å². The summed E-state index contributed by atoms with van der Waals surface area (Å²) in [6.45, 7) is 9.64. The molecule has 2 atom stereocenters. The Hall–Kier alpha value is -5.65. The maximum Gasteiger partial charge on any atom is 0.408 e. The summed E-state index contributed by atoms with van der Waals surface area (Å²) >= 11 is 0. The molecule has 3 aromatic carbocycles. The number of anilines is 1. The Morgan fingerprint density at radius 2 is 1.65 bits per heavy atom. The molecule has 3 amide bonds. The van der Waals surface area contributed by atoms with Crippen molar-refractivity contribution in [2.75, 3.05) is 11.9 Å². The first-order chi connectivity index (χ1) is 23.2. The largest absolute Gasteiger partial charge is 0.463 e. The van der Waals surface area contributed by atoms with E-state index in [0.29, 0.717) is 0 Å². The summed E-state index contributed by atoms with van der Waals surface area (Å²) in [7, 11) is 0. The molecule has 0 aliphatic carbocycles. The van der Waals surface area contributed by atoms with Crippen molar-refractivity contribution in [2.24, 2.45) is 0 Å². The van der Waals surface area contributed by atoms with Crippen LogP contribution in [0.5, 0.6) is 0 Å². The fourth-order valence-electron chi connectivity index (χ4n) is 5.43. The molecule has 0 saturated heterocycles. The molecule has 5 aromatic rings. The van der Waals surface area contributed by atoms with Crippen LogP contribution in [0.2, 0.25) is 0 Å². The molecule has 2 heterocycles. The Morgan fingerprint density at radius 3 is 2.39 bits per heavy atom. The number of rotatable bonds is 11. The summed E-state index contributed by atoms with van der Waals surface area (Å²) in [5, 5.41) is 11.3. The predicted octanol–water partition coefficient (Wildman–Crippen LogP) is 5.64. The molecule has 2 aromatic heterocycles. The van der Waals surface area contributed by atoms with Gasteiger partial charge in [0.2, 0.25) is 11.8 Å². The van der Waals surface area contributed by atoms with Crippen molar-refractivity contribution in [1.29, 1.82) is 0 Å². The first kappa shape index (κ1) is 34.7. The van der Waals surface area contributed by atoms with Gasteiger partial charge in [-0.25, -0.2) is 9.78 Å². The SMILES string of the molecule is CC(=O)OCC(c1ccc2ccccc2c1)n1cnc(NC(=O)[C@@H](Cc2c[nH]c3ccccc23)NC(=O)C(C)(C)NC(=O)OC(C)(C)C)c1. The molecule has 0 fully saturated rings. The van der Waals surface area contributed by atoms with E-state index < -0.39 is 47.1 Å². The lowest BCUT2D eigenvalue weighted by atomic mass is 10.0. The van der Waals surface area contributed by atoms with E-state index in [1.165, 1.54) is 20.8 Å². The molecule has 49 heavy (non-hydrogen) atoms. The third-order valence-electron chi connectivity index (χ3n) is 7.92. The second kappa shape index (κ2) is 14.2. The van der Waals surface area contributed by atoms with Gasteiger partial charge in [0.25, 0.3) is 0 Å². The number of nitrogens with one attached hydrogen (secondary N) is 4. The van der Waals surface area contributed by atoms with Gasteiger partial charge in [-0.3, -0.25) is 14.4 Å². The number of fused-ring (bicyclic) bond motifs is 2. The maximum atomic E-state index is 13.9. The molecular weight excluding hydrogens is 624 g/mol. The summed E-state index contributed by atoms with van der Waals surface area (Å²) in [5.74, 6) is -1.27. The van der Waals surface area contributed by atoms with Crippen LogP contribution in [-0.4, -0.2) is 62.2 Å². The molecule has 256 valence electrons. The highest BCUT2D eigenvalue weighted by atomic mass is 16.6. The van der Waals surface area contributed by atoms with Gasteiger partial charge in [0.1, 0.15) is 23.8 Å². The average molecular weight is 667 g/mol. The molecule has 5 rings (SSSR count). The van der Waals surface area contributed by atoms with E-state index in [4.69, 9.17) is 9.47 Å². The number of alkyl carbamates (subject to hydrolysis) is 1. The van der Waals surface area contributed by atoms with Crippen molar-refractivity contribution in [3.05, 3.63) is 96.6 Å². The summed E-state index contributed by atoms with van der Waals surface area (Å²) in [4.78, 5) is 59.4. The van der Waals surface area contributed by atoms with Crippen molar-refractivity contribution >= 4 is 51.4 Å². The van der Waals surface area contributed by atoms with Crippen molar-refractivity contribution in [1.82, 2.24) is 25.2 Å². The lowest BCUT2D eigenvalue weighted by molar-refractivity contribution is -0.141. The smallest absolute Gasteiger partial charge is 0.408 e. The molecule has 4 N–H and O–H groups in total. The van der Waals surface area contributed by atoms with E-state index in [-0.39, 0.29) is 18.8 Å². The number of H-pyrrole nitrogens is 1. The maximum absolute atomic E-state index is 13.9. The third-order valence-corrected chi connectivity index (χ3v) is 7.92. The summed E-state index contributed by atoms with van der Waals surface area (Å²) < 4.78 is 12.5. The number of esters is 1. The third kappa shape index (κ3) is 8.83. The monoisotopic (exact) mass is 666 g/mol. The molecular formula is C37H42N6O6. The van der Waals surface area contributed by atoms with Crippen molar-refractivity contribution in [3.63, 3.8) is 0 Å². The molecule has 0 bridgehead atoms. The predicted molar refractivity (Wildman–Crippen MR) is 187 cm³/mol. The Balaban J connectivity index is 1.38. The van der Waals surface area contributed by atoms with Gasteiger partial charge >= 0.3 is 12.1 Å². The Kier molecular flexibility index (Phi) is 10.1. The zero-order chi connectivity index (χ0) is 35.3. The van der Waals surface area contributed by atoms with Gasteiger partial charge in [-0.2, -0.15) is 0 Å². The minimum atomic E-state index is -1.41. The number of carbonyl (C=O) groups excluding carboxylic acids is 4. The van der Waals surface area contributed by atoms with Crippen LogP contribution >= 0.6 is 0 Å². The van der Waals surface area contributed by atoms with E-state index in [1.54, 1.807) is 44.1 Å². The topological polar surface area (TPSA) is 156 Å². The standard InChI is InChI=1S/C37H42N6O6/c1-23(44)48-21-31(26-16-15-24-11-7-8-12-25(24)17-26)43-20-32(39-22-43)41-33(45)30(18-27-19-38-29-14-10-9-13-28(27)29)40-34(46)37(5,6)42-35(47)49-36(2,3)4/h7-17,19-20,22,30-31,38H,18,21H2,1-6H3,(H,40,46)(H,41,45)(H,42,47)/t30-,31?/m1/s1. The number of aromatic nitrogens is 3. The molecule has 0 spiro atoms. The number of benzene rings is 3. The van der Waals surface area contributed by atoms with Crippen molar-refractivity contribution in [2.45, 2.75) is 71.2 Å². The van der Waals surface area contributed by atoms with E-state index >= 15 is 0 Å². The van der Waals surface area contributed by atoms with Gasteiger partial charge in [0, 0.05) is 36.6 Å². The average Bonchev–Trinajstić information content (AvgIpc) is 3.66. The van der Waals surface area contributed by atoms with Crippen molar-refractivity contribution in [3.8, 4) is 0 Å². The molecule has 12 nitrogen and oxygen atoms in total. The molecule has 0 saturated carbocycles. The first-order valence-electron chi connectivity index (χ1n) is 16.0. The second-order valence-electron chi connectivity index (χ2n) is 13.5. The Labute approximate surface area is 284 Å². The van der Waals surface area contributed by atoms with Crippen LogP contribution in [0.3, 0.4) is 0 Å². The summed E-state index contributed by atoms with van der Waals surface area (Å²) in [5.41, 5.74) is 0.424. The minimum Gasteiger partial charge on any atom is -0.463 e. The van der Waals surface area contributed by atoms with Gasteiger partial charge in [-0.1, -0.05) is 54.6 Å². The van der Waals surface area contributed by atoms with Crippen LogP contribution in [0.15, 0.2) is 85.5 Å². The number of para-hydroxylation sites is 1. The highest BCUT2D eigenvalue weighted by molar-refractivity contribution is 5.99.